The molecule has 4 aromatic rings. The lowest BCUT2D eigenvalue weighted by atomic mass is 9.95. The molecule has 3 heterocycles. The highest BCUT2D eigenvalue weighted by atomic mass is 32.2. The first-order valence-electron chi connectivity index (χ1n) is 18.6. The monoisotopic (exact) mass is 759 g/mol. The Morgan fingerprint density at radius 1 is 0.925 bits per heavy atom. The maximum atomic E-state index is 13.9. The van der Waals surface area contributed by atoms with Crippen LogP contribution in [0.2, 0.25) is 0 Å². The molecule has 1 aliphatic rings. The standard InChI is InChI=1S/C41H53N5O5S2/c1-6-7-8-9-10-23-51-34-17-15-30(16-18-34)33-25-43-38(44-26-33)31-13-11-29(12-14-31)24-36(42-27-35-19-20-37(52-35)41(2,3)4)40(48)46-22-21-32(28-46)39(47)45-53(5,49)50/h11-20,25-26,32,36,42H,6-10,21-24,27-28H2,1-5H3,(H,45,47). The quantitative estimate of drug-likeness (QED) is 0.109. The Bertz CT molecular complexity index is 1900. The van der Waals surface area contributed by atoms with Crippen molar-refractivity contribution in [2.75, 3.05) is 26.0 Å². The van der Waals surface area contributed by atoms with Gasteiger partial charge in [-0.2, -0.15) is 0 Å². The van der Waals surface area contributed by atoms with Crippen molar-refractivity contribution >= 4 is 33.2 Å². The first kappa shape index (κ1) is 40.1. The molecule has 1 fully saturated rings. The van der Waals surface area contributed by atoms with Crippen molar-refractivity contribution in [2.45, 2.75) is 90.6 Å². The van der Waals surface area contributed by atoms with Crippen LogP contribution in [0.15, 0.2) is 73.1 Å². The Morgan fingerprint density at radius 2 is 1.60 bits per heavy atom. The number of nitrogens with one attached hydrogen (secondary N) is 2. The third-order valence-corrected chi connectivity index (χ3v) is 11.5. The molecule has 1 saturated heterocycles. The number of rotatable bonds is 17. The van der Waals surface area contributed by atoms with Crippen molar-refractivity contribution in [1.82, 2.24) is 24.9 Å². The van der Waals surface area contributed by atoms with Gasteiger partial charge in [-0.05, 0) is 60.1 Å². The number of aromatic nitrogens is 2. The molecule has 0 saturated carbocycles. The number of amides is 2. The Morgan fingerprint density at radius 3 is 2.25 bits per heavy atom. The minimum absolute atomic E-state index is 0.0365. The average molecular weight is 760 g/mol. The van der Waals surface area contributed by atoms with E-state index in [-0.39, 0.29) is 17.9 Å². The summed E-state index contributed by atoms with van der Waals surface area (Å²) in [6.07, 6.45) is 11.5. The van der Waals surface area contributed by atoms with Crippen molar-refractivity contribution in [3.63, 3.8) is 0 Å². The van der Waals surface area contributed by atoms with E-state index in [1.807, 2.05) is 60.9 Å². The van der Waals surface area contributed by atoms with E-state index in [0.717, 1.165) is 52.2 Å². The Balaban J connectivity index is 1.22. The molecule has 2 unspecified atom stereocenters. The number of thiophene rings is 1. The number of hydrogen-bond donors (Lipinski definition) is 2. The zero-order valence-corrected chi connectivity index (χ0v) is 33.2. The number of unbranched alkanes of at least 4 members (excludes halogenated alkanes) is 4. The molecule has 2 N–H and O–H groups in total. The van der Waals surface area contributed by atoms with Gasteiger partial charge in [-0.25, -0.2) is 18.4 Å². The summed E-state index contributed by atoms with van der Waals surface area (Å²) in [6, 6.07) is 19.6. The van der Waals surface area contributed by atoms with Gasteiger partial charge in [0.05, 0.1) is 24.8 Å². The molecule has 284 valence electrons. The van der Waals surface area contributed by atoms with Crippen molar-refractivity contribution in [3.8, 4) is 28.3 Å². The van der Waals surface area contributed by atoms with E-state index in [4.69, 9.17) is 4.74 Å². The van der Waals surface area contributed by atoms with E-state index in [9.17, 15) is 18.0 Å². The van der Waals surface area contributed by atoms with Crippen LogP contribution in [0.1, 0.15) is 81.5 Å². The fraction of sp³-hybridized carbons (Fsp3) is 0.463. The van der Waals surface area contributed by atoms with Gasteiger partial charge in [-0.15, -0.1) is 11.3 Å². The zero-order valence-electron chi connectivity index (χ0n) is 31.6. The lowest BCUT2D eigenvalue weighted by Gasteiger charge is -2.25. The summed E-state index contributed by atoms with van der Waals surface area (Å²) >= 11 is 1.73. The molecule has 0 radical (unpaired) electrons. The summed E-state index contributed by atoms with van der Waals surface area (Å²) in [5.41, 5.74) is 3.80. The average Bonchev–Trinajstić information content (AvgIpc) is 3.83. The lowest BCUT2D eigenvalue weighted by Crippen LogP contribution is -2.47. The number of hydrogen-bond acceptors (Lipinski definition) is 9. The highest BCUT2D eigenvalue weighted by Crippen LogP contribution is 2.30. The van der Waals surface area contributed by atoms with Crippen LogP contribution in [0.5, 0.6) is 5.75 Å². The molecule has 5 rings (SSSR count). The van der Waals surface area contributed by atoms with E-state index < -0.39 is 27.9 Å². The van der Waals surface area contributed by atoms with Gasteiger partial charge in [0.25, 0.3) is 0 Å². The highest BCUT2D eigenvalue weighted by Gasteiger charge is 2.35. The van der Waals surface area contributed by atoms with Crippen molar-refractivity contribution < 1.29 is 22.7 Å². The summed E-state index contributed by atoms with van der Waals surface area (Å²) in [7, 11) is -3.68. The molecule has 12 heteroatoms. The predicted octanol–water partition coefficient (Wildman–Crippen LogP) is 7.14. The Labute approximate surface area is 318 Å². The van der Waals surface area contributed by atoms with Crippen LogP contribution in [0, 0.1) is 5.92 Å². The zero-order chi connectivity index (χ0) is 38.0. The van der Waals surface area contributed by atoms with Gasteiger partial charge in [0.15, 0.2) is 5.82 Å². The van der Waals surface area contributed by atoms with Gasteiger partial charge in [0, 0.05) is 52.9 Å². The first-order valence-corrected chi connectivity index (χ1v) is 21.3. The van der Waals surface area contributed by atoms with Crippen LogP contribution in [0.4, 0.5) is 0 Å². The second-order valence-electron chi connectivity index (χ2n) is 14.9. The molecule has 2 aromatic heterocycles. The van der Waals surface area contributed by atoms with Gasteiger partial charge in [-0.1, -0.05) is 89.8 Å². The summed E-state index contributed by atoms with van der Waals surface area (Å²) in [4.78, 5) is 39.8. The molecule has 2 atom stereocenters. The third-order valence-electron chi connectivity index (χ3n) is 9.39. The van der Waals surface area contributed by atoms with Crippen LogP contribution >= 0.6 is 11.3 Å². The van der Waals surface area contributed by atoms with Gasteiger partial charge in [-0.3, -0.25) is 14.3 Å². The molecule has 2 amide bonds. The molecular weight excluding hydrogens is 707 g/mol. The minimum atomic E-state index is -3.68. The normalized spacial score (nSPS) is 15.3. The van der Waals surface area contributed by atoms with Crippen LogP contribution in [0.3, 0.4) is 0 Å². The number of carbonyl (C=O) groups excluding carboxylic acids is 2. The van der Waals surface area contributed by atoms with Crippen molar-refractivity contribution in [2.24, 2.45) is 5.92 Å². The topological polar surface area (TPSA) is 131 Å². The number of nitrogens with zero attached hydrogens (tertiary/aromatic N) is 3. The Hall–Kier alpha value is -4.13. The fourth-order valence-electron chi connectivity index (χ4n) is 6.30. The van der Waals surface area contributed by atoms with Crippen LogP contribution in [0.25, 0.3) is 22.5 Å². The van der Waals surface area contributed by atoms with E-state index in [1.54, 1.807) is 16.2 Å². The number of benzene rings is 2. The SMILES string of the molecule is CCCCCCCOc1ccc(-c2cnc(-c3ccc(CC(NCc4ccc(C(C)(C)C)s4)C(=O)N4CCC(C(=O)NS(C)(=O)=O)C4)cc3)nc2)cc1. The van der Waals surface area contributed by atoms with E-state index in [0.29, 0.717) is 31.8 Å². The number of carbonyl (C=O) groups is 2. The van der Waals surface area contributed by atoms with Gasteiger partial charge < -0.3 is 15.0 Å². The molecule has 2 aromatic carbocycles. The number of likely N-dealkylation sites (tertiary alicyclic amines) is 1. The summed E-state index contributed by atoms with van der Waals surface area (Å²) in [5.74, 6) is 0.214. The first-order chi connectivity index (χ1) is 25.3. The second kappa shape index (κ2) is 18.3. The maximum Gasteiger partial charge on any atom is 0.240 e. The van der Waals surface area contributed by atoms with Gasteiger partial charge >= 0.3 is 0 Å². The molecule has 0 bridgehead atoms. The second-order valence-corrected chi connectivity index (χ2v) is 17.9. The molecule has 53 heavy (non-hydrogen) atoms. The summed E-state index contributed by atoms with van der Waals surface area (Å²) in [5, 5.41) is 3.49. The largest absolute Gasteiger partial charge is 0.494 e. The van der Waals surface area contributed by atoms with Crippen LogP contribution in [-0.2, 0) is 38.0 Å². The van der Waals surface area contributed by atoms with E-state index >= 15 is 0 Å². The number of sulfonamides is 1. The lowest BCUT2D eigenvalue weighted by molar-refractivity contribution is -0.132. The van der Waals surface area contributed by atoms with Gasteiger partial charge in [0.2, 0.25) is 21.8 Å². The maximum absolute atomic E-state index is 13.9. The van der Waals surface area contributed by atoms with Gasteiger partial charge in [0.1, 0.15) is 5.75 Å². The van der Waals surface area contributed by atoms with Crippen LogP contribution < -0.4 is 14.8 Å². The molecule has 10 nitrogen and oxygen atoms in total. The molecule has 0 aliphatic carbocycles. The fourth-order valence-corrected chi connectivity index (χ4v) is 7.85. The van der Waals surface area contributed by atoms with Crippen molar-refractivity contribution in [3.05, 3.63) is 88.4 Å². The molecular formula is C41H53N5O5S2. The van der Waals surface area contributed by atoms with Crippen molar-refractivity contribution in [1.29, 1.82) is 0 Å². The number of ether oxygens (including phenoxy) is 1. The smallest absolute Gasteiger partial charge is 0.240 e. The summed E-state index contributed by atoms with van der Waals surface area (Å²) < 4.78 is 31.2. The summed E-state index contributed by atoms with van der Waals surface area (Å²) in [6.45, 7) is 10.6. The predicted molar refractivity (Wildman–Crippen MR) is 212 cm³/mol. The van der Waals surface area contributed by atoms with Crippen LogP contribution in [-0.4, -0.2) is 67.1 Å². The third kappa shape index (κ3) is 11.9. The molecule has 1 aliphatic heterocycles. The Kier molecular flexibility index (Phi) is 13.8. The molecule has 0 spiro atoms. The minimum Gasteiger partial charge on any atom is -0.494 e. The van der Waals surface area contributed by atoms with E-state index in [1.165, 1.54) is 30.6 Å². The highest BCUT2D eigenvalue weighted by molar-refractivity contribution is 7.89. The van der Waals surface area contributed by atoms with E-state index in [2.05, 4.69) is 59.8 Å².